The minimum Gasteiger partial charge on any atom is -0.462 e. The quantitative estimate of drug-likeness (QED) is 0.612. The van der Waals surface area contributed by atoms with Crippen molar-refractivity contribution >= 4 is 44.3 Å². The number of carbonyl (C=O) groups is 2. The molecule has 0 aromatic carbocycles. The molecular formula is C10H8O3S2. The van der Waals surface area contributed by atoms with Gasteiger partial charge in [0.15, 0.2) is 6.29 Å². The molecule has 2 aromatic rings. The smallest absolute Gasteiger partial charge is 0.348 e. The third-order valence-electron chi connectivity index (χ3n) is 1.91. The number of ether oxygens (including phenoxy) is 1. The van der Waals surface area contributed by atoms with Crippen molar-refractivity contribution in [2.75, 3.05) is 6.61 Å². The minimum atomic E-state index is -0.317. The lowest BCUT2D eigenvalue weighted by Gasteiger charge is -1.96. The van der Waals surface area contributed by atoms with E-state index >= 15 is 0 Å². The van der Waals surface area contributed by atoms with E-state index in [1.165, 1.54) is 22.7 Å². The lowest BCUT2D eigenvalue weighted by atomic mass is 10.2. The Kier molecular flexibility index (Phi) is 2.83. The van der Waals surface area contributed by atoms with Crippen LogP contribution in [0.2, 0.25) is 0 Å². The van der Waals surface area contributed by atoms with E-state index in [1.54, 1.807) is 18.4 Å². The van der Waals surface area contributed by atoms with Crippen molar-refractivity contribution in [1.29, 1.82) is 0 Å². The molecule has 0 aliphatic carbocycles. The maximum atomic E-state index is 11.4. The normalized spacial score (nSPS) is 10.5. The van der Waals surface area contributed by atoms with Gasteiger partial charge in [-0.3, -0.25) is 4.79 Å². The van der Waals surface area contributed by atoms with Crippen molar-refractivity contribution in [2.24, 2.45) is 0 Å². The molecule has 0 N–H and O–H groups in total. The molecule has 0 spiro atoms. The molecule has 0 radical (unpaired) electrons. The second-order valence-corrected chi connectivity index (χ2v) is 5.03. The second kappa shape index (κ2) is 4.12. The lowest BCUT2D eigenvalue weighted by Crippen LogP contribution is -2.01. The Hall–Kier alpha value is -1.20. The largest absolute Gasteiger partial charge is 0.462 e. The zero-order chi connectivity index (χ0) is 10.8. The van der Waals surface area contributed by atoms with E-state index in [4.69, 9.17) is 4.74 Å². The number of rotatable bonds is 3. The highest BCUT2D eigenvalue weighted by molar-refractivity contribution is 7.38. The highest BCUT2D eigenvalue weighted by Crippen LogP contribution is 2.33. The van der Waals surface area contributed by atoms with E-state index in [2.05, 4.69) is 0 Å². The van der Waals surface area contributed by atoms with Crippen LogP contribution in [-0.2, 0) is 4.74 Å². The first-order chi connectivity index (χ1) is 7.26. The predicted molar refractivity (Wildman–Crippen MR) is 61.0 cm³/mol. The van der Waals surface area contributed by atoms with Crippen LogP contribution in [-0.4, -0.2) is 18.9 Å². The molecule has 78 valence electrons. The Morgan fingerprint density at radius 3 is 3.07 bits per heavy atom. The first-order valence-corrected chi connectivity index (χ1v) is 6.09. The van der Waals surface area contributed by atoms with Gasteiger partial charge in [0.2, 0.25) is 0 Å². The Morgan fingerprint density at radius 1 is 1.60 bits per heavy atom. The van der Waals surface area contributed by atoms with Gasteiger partial charge in [0.25, 0.3) is 0 Å². The summed E-state index contributed by atoms with van der Waals surface area (Å²) in [5.41, 5.74) is 0.641. The average molecular weight is 240 g/mol. The summed E-state index contributed by atoms with van der Waals surface area (Å²) in [5.74, 6) is -0.317. The van der Waals surface area contributed by atoms with Gasteiger partial charge in [-0.1, -0.05) is 0 Å². The van der Waals surface area contributed by atoms with E-state index in [1.807, 2.05) is 0 Å². The molecule has 0 unspecified atom stereocenters. The highest BCUT2D eigenvalue weighted by Gasteiger charge is 2.14. The van der Waals surface area contributed by atoms with Crippen LogP contribution in [0.15, 0.2) is 11.4 Å². The third-order valence-corrected chi connectivity index (χ3v) is 4.16. The van der Waals surface area contributed by atoms with Crippen molar-refractivity contribution in [3.8, 4) is 0 Å². The molecule has 0 saturated carbocycles. The fraction of sp³-hybridized carbons (Fsp3) is 0.200. The van der Waals surface area contributed by atoms with Crippen LogP contribution in [0.3, 0.4) is 0 Å². The van der Waals surface area contributed by atoms with E-state index in [9.17, 15) is 9.59 Å². The Bertz CT molecular complexity index is 510. The SMILES string of the molecule is CCOC(=O)c1cc2c(C=O)csc2s1. The highest BCUT2D eigenvalue weighted by atomic mass is 32.2. The first kappa shape index (κ1) is 10.3. The molecule has 0 saturated heterocycles. The summed E-state index contributed by atoms with van der Waals surface area (Å²) < 4.78 is 5.87. The number of thiophene rings is 2. The molecule has 0 fully saturated rings. The number of aldehydes is 1. The van der Waals surface area contributed by atoms with Crippen molar-refractivity contribution in [2.45, 2.75) is 6.92 Å². The Morgan fingerprint density at radius 2 is 2.40 bits per heavy atom. The lowest BCUT2D eigenvalue weighted by molar-refractivity contribution is 0.0532. The Balaban J connectivity index is 2.43. The summed E-state index contributed by atoms with van der Waals surface area (Å²) >= 11 is 2.84. The number of carbonyl (C=O) groups excluding carboxylic acids is 2. The predicted octanol–water partition coefficient (Wildman–Crippen LogP) is 2.95. The van der Waals surface area contributed by atoms with Crippen molar-refractivity contribution < 1.29 is 14.3 Å². The molecule has 0 atom stereocenters. The summed E-state index contributed by atoms with van der Waals surface area (Å²) in [7, 11) is 0. The molecular weight excluding hydrogens is 232 g/mol. The van der Waals surface area contributed by atoms with E-state index in [-0.39, 0.29) is 5.97 Å². The molecule has 0 amide bonds. The van der Waals surface area contributed by atoms with Gasteiger partial charge in [-0.05, 0) is 13.0 Å². The van der Waals surface area contributed by atoms with Crippen LogP contribution in [0.25, 0.3) is 9.40 Å². The maximum absolute atomic E-state index is 11.4. The summed E-state index contributed by atoms with van der Waals surface area (Å²) in [4.78, 5) is 22.7. The molecule has 2 rings (SSSR count). The fourth-order valence-electron chi connectivity index (χ4n) is 1.24. The van der Waals surface area contributed by atoms with Crippen LogP contribution in [0.5, 0.6) is 0 Å². The van der Waals surface area contributed by atoms with Gasteiger partial charge >= 0.3 is 5.97 Å². The zero-order valence-electron chi connectivity index (χ0n) is 7.98. The second-order valence-electron chi connectivity index (χ2n) is 2.84. The van der Waals surface area contributed by atoms with Crippen molar-refractivity contribution in [3.05, 3.63) is 21.9 Å². The van der Waals surface area contributed by atoms with E-state index in [0.29, 0.717) is 17.0 Å². The van der Waals surface area contributed by atoms with Gasteiger partial charge in [0.05, 0.1) is 10.6 Å². The topological polar surface area (TPSA) is 43.4 Å². The van der Waals surface area contributed by atoms with Crippen LogP contribution in [0.4, 0.5) is 0 Å². The van der Waals surface area contributed by atoms with Crippen molar-refractivity contribution in [3.63, 3.8) is 0 Å². The molecule has 0 aliphatic rings. The van der Waals surface area contributed by atoms with Crippen LogP contribution in [0, 0.1) is 0 Å². The average Bonchev–Trinajstić information content (AvgIpc) is 2.76. The minimum absolute atomic E-state index is 0.317. The van der Waals surface area contributed by atoms with Gasteiger partial charge in [-0.25, -0.2) is 4.79 Å². The van der Waals surface area contributed by atoms with Gasteiger partial charge in [-0.15, -0.1) is 22.7 Å². The summed E-state index contributed by atoms with van der Waals surface area (Å²) in [6.07, 6.45) is 0.806. The molecule has 0 aliphatic heterocycles. The number of esters is 1. The molecule has 2 heterocycles. The van der Waals surface area contributed by atoms with Gasteiger partial charge in [0, 0.05) is 16.3 Å². The number of fused-ring (bicyclic) bond motifs is 1. The van der Waals surface area contributed by atoms with Gasteiger partial charge in [0.1, 0.15) is 4.88 Å². The van der Waals surface area contributed by atoms with Gasteiger partial charge < -0.3 is 4.74 Å². The van der Waals surface area contributed by atoms with E-state index < -0.39 is 0 Å². The van der Waals surface area contributed by atoms with Crippen LogP contribution < -0.4 is 0 Å². The summed E-state index contributed by atoms with van der Waals surface area (Å²) in [5, 5.41) is 2.64. The summed E-state index contributed by atoms with van der Waals surface area (Å²) in [6, 6.07) is 1.72. The molecule has 5 heteroatoms. The molecule has 2 aromatic heterocycles. The fourth-order valence-corrected chi connectivity index (χ4v) is 3.37. The summed E-state index contributed by atoms with van der Waals surface area (Å²) in [6.45, 7) is 2.13. The van der Waals surface area contributed by atoms with E-state index in [0.717, 1.165) is 15.7 Å². The molecule has 15 heavy (non-hydrogen) atoms. The monoisotopic (exact) mass is 240 g/mol. The molecule has 0 bridgehead atoms. The zero-order valence-corrected chi connectivity index (χ0v) is 9.61. The van der Waals surface area contributed by atoms with Crippen LogP contribution >= 0.6 is 22.7 Å². The standard InChI is InChI=1S/C10H8O3S2/c1-2-13-9(12)8-3-7-6(4-11)5-14-10(7)15-8/h3-5H,2H2,1H3. The Labute approximate surface area is 94.3 Å². The maximum Gasteiger partial charge on any atom is 0.348 e. The first-order valence-electron chi connectivity index (χ1n) is 4.39. The molecule has 3 nitrogen and oxygen atoms in total. The van der Waals surface area contributed by atoms with Crippen LogP contribution in [0.1, 0.15) is 27.0 Å². The third kappa shape index (κ3) is 1.80. The number of hydrogen-bond donors (Lipinski definition) is 0. The van der Waals surface area contributed by atoms with Crippen molar-refractivity contribution in [1.82, 2.24) is 0 Å². The number of hydrogen-bond acceptors (Lipinski definition) is 5. The van der Waals surface area contributed by atoms with Gasteiger partial charge in [-0.2, -0.15) is 0 Å².